The van der Waals surface area contributed by atoms with Gasteiger partial charge in [-0.2, -0.15) is 8.75 Å². The first-order valence-electron chi connectivity index (χ1n) is 6.97. The predicted octanol–water partition coefficient (Wildman–Crippen LogP) is 2.22. The van der Waals surface area contributed by atoms with E-state index in [4.69, 9.17) is 0 Å². The highest BCUT2D eigenvalue weighted by Gasteiger charge is 2.30. The molecule has 14 nitrogen and oxygen atoms in total. The molecule has 16 heteroatoms. The normalized spacial score (nSPS) is 11.3. The van der Waals surface area contributed by atoms with Gasteiger partial charge in [0, 0.05) is 12.1 Å². The molecule has 3 aromatic rings. The Kier molecular flexibility index (Phi) is 4.57. The van der Waals surface area contributed by atoms with Crippen LogP contribution in [0.4, 0.5) is 22.7 Å². The molecule has 0 bridgehead atoms. The van der Waals surface area contributed by atoms with Crippen molar-refractivity contribution in [2.75, 3.05) is 4.72 Å². The van der Waals surface area contributed by atoms with Gasteiger partial charge in [-0.3, -0.25) is 35.1 Å². The number of benzene rings is 2. The zero-order valence-corrected chi connectivity index (χ0v) is 14.8. The summed E-state index contributed by atoms with van der Waals surface area (Å²) in [4.78, 5) is 29.5. The first-order chi connectivity index (χ1) is 13.1. The molecule has 0 aliphatic carbocycles. The molecular formula is C12H6N6O8S2. The minimum absolute atomic E-state index is 0.118. The summed E-state index contributed by atoms with van der Waals surface area (Å²) >= 11 is 0.611. The van der Waals surface area contributed by atoms with Crippen LogP contribution in [0, 0.1) is 30.3 Å². The molecule has 0 saturated heterocycles. The van der Waals surface area contributed by atoms with Gasteiger partial charge in [0.25, 0.3) is 27.1 Å². The number of sulfonamides is 1. The second-order valence-electron chi connectivity index (χ2n) is 5.12. The molecule has 144 valence electrons. The molecule has 0 saturated carbocycles. The Morgan fingerprint density at radius 3 is 2.11 bits per heavy atom. The number of rotatable bonds is 6. The van der Waals surface area contributed by atoms with E-state index in [9.17, 15) is 38.8 Å². The standard InChI is InChI=1S/C12H6N6O8S2/c19-16(20)6-1-4-10(9(5-6)18(23)24)28(25,26)15-7-2-3-8(17(21)22)12-11(7)13-27-14-12/h1-5,15H. The van der Waals surface area contributed by atoms with Crippen LogP contribution in [0.2, 0.25) is 0 Å². The molecule has 3 rings (SSSR count). The van der Waals surface area contributed by atoms with E-state index in [2.05, 4.69) is 13.5 Å². The van der Waals surface area contributed by atoms with Gasteiger partial charge in [-0.15, -0.1) is 0 Å². The van der Waals surface area contributed by atoms with E-state index in [1.54, 1.807) is 0 Å². The molecule has 0 unspecified atom stereocenters. The largest absolute Gasteiger partial charge is 0.298 e. The maximum absolute atomic E-state index is 12.6. The zero-order chi connectivity index (χ0) is 20.6. The number of nitro groups is 3. The molecule has 0 aliphatic rings. The summed E-state index contributed by atoms with van der Waals surface area (Å²) in [6.45, 7) is 0. The molecule has 1 heterocycles. The van der Waals surface area contributed by atoms with Gasteiger partial charge >= 0.3 is 0 Å². The third-order valence-corrected chi connectivity index (χ3v) is 5.42. The molecule has 0 aliphatic heterocycles. The number of fused-ring (bicyclic) bond motifs is 1. The molecule has 1 aromatic heterocycles. The maximum atomic E-state index is 12.6. The van der Waals surface area contributed by atoms with Crippen molar-refractivity contribution in [2.24, 2.45) is 0 Å². The SMILES string of the molecule is O=[N+]([O-])c1ccc(S(=O)(=O)Nc2ccc([N+](=O)[O-])c3nsnc23)c([N+](=O)[O-])c1. The van der Waals surface area contributed by atoms with Gasteiger partial charge < -0.3 is 0 Å². The van der Waals surface area contributed by atoms with Crippen molar-refractivity contribution >= 4 is 55.5 Å². The Hall–Kier alpha value is -3.79. The van der Waals surface area contributed by atoms with E-state index < -0.39 is 46.8 Å². The average molecular weight is 426 g/mol. The van der Waals surface area contributed by atoms with Gasteiger partial charge in [0.05, 0.1) is 38.3 Å². The lowest BCUT2D eigenvalue weighted by Gasteiger charge is -2.09. The van der Waals surface area contributed by atoms with Crippen molar-refractivity contribution in [1.29, 1.82) is 0 Å². The first-order valence-corrected chi connectivity index (χ1v) is 9.18. The number of non-ortho nitro benzene ring substituents is 2. The lowest BCUT2D eigenvalue weighted by atomic mass is 10.2. The molecule has 28 heavy (non-hydrogen) atoms. The summed E-state index contributed by atoms with van der Waals surface area (Å²) in [5.41, 5.74) is -2.53. The van der Waals surface area contributed by atoms with Crippen LogP contribution < -0.4 is 4.72 Å². The summed E-state index contributed by atoms with van der Waals surface area (Å²) in [6.07, 6.45) is 0. The smallest absolute Gasteiger partial charge is 0.277 e. The van der Waals surface area contributed by atoms with Crippen molar-refractivity contribution in [3.8, 4) is 0 Å². The van der Waals surface area contributed by atoms with E-state index in [0.717, 1.165) is 24.3 Å². The summed E-state index contributed by atoms with van der Waals surface area (Å²) in [5, 5.41) is 33.0. The highest BCUT2D eigenvalue weighted by Crippen LogP contribution is 2.33. The Morgan fingerprint density at radius 2 is 1.50 bits per heavy atom. The second kappa shape index (κ2) is 6.74. The van der Waals surface area contributed by atoms with Crippen molar-refractivity contribution in [1.82, 2.24) is 8.75 Å². The summed E-state index contributed by atoms with van der Waals surface area (Å²) < 4.78 is 34.9. The molecule has 0 spiro atoms. The number of hydrogen-bond donors (Lipinski definition) is 1. The van der Waals surface area contributed by atoms with Gasteiger partial charge in [-0.05, 0) is 12.1 Å². The Balaban J connectivity index is 2.11. The second-order valence-corrected chi connectivity index (χ2v) is 7.30. The minimum Gasteiger partial charge on any atom is -0.277 e. The lowest BCUT2D eigenvalue weighted by molar-refractivity contribution is -0.396. The fourth-order valence-electron chi connectivity index (χ4n) is 2.27. The average Bonchev–Trinajstić information content (AvgIpc) is 3.11. The van der Waals surface area contributed by atoms with Crippen LogP contribution in [0.5, 0.6) is 0 Å². The quantitative estimate of drug-likeness (QED) is 0.449. The van der Waals surface area contributed by atoms with Crippen LogP contribution in [0.3, 0.4) is 0 Å². The fraction of sp³-hybridized carbons (Fsp3) is 0. The molecule has 0 radical (unpaired) electrons. The van der Waals surface area contributed by atoms with Crippen LogP contribution in [-0.4, -0.2) is 31.9 Å². The number of nitro benzene ring substituents is 3. The van der Waals surface area contributed by atoms with Crippen molar-refractivity contribution in [2.45, 2.75) is 4.90 Å². The van der Waals surface area contributed by atoms with Crippen molar-refractivity contribution < 1.29 is 23.2 Å². The van der Waals surface area contributed by atoms with E-state index >= 15 is 0 Å². The number of nitrogens with zero attached hydrogens (tertiary/aromatic N) is 5. The van der Waals surface area contributed by atoms with Crippen LogP contribution in [0.15, 0.2) is 35.2 Å². The minimum atomic E-state index is -4.58. The first kappa shape index (κ1) is 19.0. The topological polar surface area (TPSA) is 201 Å². The monoisotopic (exact) mass is 426 g/mol. The number of anilines is 1. The van der Waals surface area contributed by atoms with Gasteiger partial charge in [-0.25, -0.2) is 8.42 Å². The van der Waals surface area contributed by atoms with Gasteiger partial charge in [0.15, 0.2) is 10.4 Å². The number of nitrogens with one attached hydrogen (secondary N) is 1. The van der Waals surface area contributed by atoms with E-state index in [1.807, 2.05) is 0 Å². The highest BCUT2D eigenvalue weighted by atomic mass is 32.2. The van der Waals surface area contributed by atoms with E-state index in [0.29, 0.717) is 17.8 Å². The predicted molar refractivity (Wildman–Crippen MR) is 94.6 cm³/mol. The summed E-state index contributed by atoms with van der Waals surface area (Å²) in [5.74, 6) is 0. The van der Waals surface area contributed by atoms with Crippen LogP contribution in [-0.2, 0) is 10.0 Å². The molecule has 0 fully saturated rings. The molecular weight excluding hydrogens is 420 g/mol. The fourth-order valence-corrected chi connectivity index (χ4v) is 4.06. The van der Waals surface area contributed by atoms with Crippen molar-refractivity contribution in [3.05, 3.63) is 60.7 Å². The summed E-state index contributed by atoms with van der Waals surface area (Å²) in [6, 6.07) is 4.12. The lowest BCUT2D eigenvalue weighted by Crippen LogP contribution is -2.15. The van der Waals surface area contributed by atoms with Gasteiger partial charge in [0.1, 0.15) is 5.52 Å². The van der Waals surface area contributed by atoms with Gasteiger partial charge in [0.2, 0.25) is 0 Å². The molecule has 0 atom stereocenters. The van der Waals surface area contributed by atoms with Gasteiger partial charge in [-0.1, -0.05) is 0 Å². The number of hydrogen-bond acceptors (Lipinski definition) is 11. The van der Waals surface area contributed by atoms with E-state index in [1.165, 1.54) is 0 Å². The maximum Gasteiger partial charge on any atom is 0.298 e. The Bertz CT molecular complexity index is 1250. The summed E-state index contributed by atoms with van der Waals surface area (Å²) in [7, 11) is -4.58. The Labute approximate surface area is 158 Å². The Morgan fingerprint density at radius 1 is 0.857 bits per heavy atom. The third-order valence-electron chi connectivity index (χ3n) is 3.47. The molecule has 2 aromatic carbocycles. The van der Waals surface area contributed by atoms with Crippen LogP contribution in [0.25, 0.3) is 11.0 Å². The number of aromatic nitrogens is 2. The molecule has 0 amide bonds. The molecule has 1 N–H and O–H groups in total. The zero-order valence-electron chi connectivity index (χ0n) is 13.2. The van der Waals surface area contributed by atoms with Crippen molar-refractivity contribution in [3.63, 3.8) is 0 Å². The van der Waals surface area contributed by atoms with Crippen LogP contribution in [0.1, 0.15) is 0 Å². The third kappa shape index (κ3) is 3.28. The van der Waals surface area contributed by atoms with Crippen LogP contribution >= 0.6 is 11.7 Å². The van der Waals surface area contributed by atoms with E-state index in [-0.39, 0.29) is 16.7 Å². The highest BCUT2D eigenvalue weighted by molar-refractivity contribution is 7.92.